The fourth-order valence-corrected chi connectivity index (χ4v) is 1.72. The number of phenols is 1. The Balaban J connectivity index is 2.00. The number of methoxy groups -OCH3 is 1. The Bertz CT molecular complexity index is 591. The molecule has 21 heavy (non-hydrogen) atoms. The van der Waals surface area contributed by atoms with Crippen molar-refractivity contribution in [3.8, 4) is 17.2 Å². The van der Waals surface area contributed by atoms with Crippen LogP contribution in [0.3, 0.4) is 0 Å². The van der Waals surface area contributed by atoms with E-state index in [2.05, 4.69) is 15.0 Å². The highest BCUT2D eigenvalue weighted by Crippen LogP contribution is 2.29. The lowest BCUT2D eigenvalue weighted by molar-refractivity contribution is -0.0500. The van der Waals surface area contributed by atoms with E-state index in [-0.39, 0.29) is 11.5 Å². The summed E-state index contributed by atoms with van der Waals surface area (Å²) in [6, 6.07) is 8.02. The zero-order valence-corrected chi connectivity index (χ0v) is 11.2. The van der Waals surface area contributed by atoms with E-state index in [0.29, 0.717) is 23.7 Å². The van der Waals surface area contributed by atoms with E-state index >= 15 is 0 Å². The highest BCUT2D eigenvalue weighted by molar-refractivity contribution is 5.47. The molecule has 2 aromatic rings. The van der Waals surface area contributed by atoms with Gasteiger partial charge in [0.25, 0.3) is 0 Å². The summed E-state index contributed by atoms with van der Waals surface area (Å²) in [5.74, 6) is 0.881. The van der Waals surface area contributed by atoms with Crippen LogP contribution >= 0.6 is 0 Å². The molecular weight excluding hydrogens is 282 g/mol. The third-order valence-electron chi connectivity index (χ3n) is 2.72. The quantitative estimate of drug-likeness (QED) is 0.858. The van der Waals surface area contributed by atoms with Gasteiger partial charge in [0.2, 0.25) is 0 Å². The molecule has 5 nitrogen and oxygen atoms in total. The maximum Gasteiger partial charge on any atom is 0.387 e. The highest BCUT2D eigenvalue weighted by atomic mass is 19.3. The number of para-hydroxylation sites is 1. The van der Waals surface area contributed by atoms with Gasteiger partial charge in [0.15, 0.2) is 11.5 Å². The van der Waals surface area contributed by atoms with Gasteiger partial charge in [0.1, 0.15) is 11.6 Å². The van der Waals surface area contributed by atoms with Gasteiger partial charge >= 0.3 is 6.61 Å². The number of hydrogen-bond acceptors (Lipinski definition) is 5. The molecule has 0 spiro atoms. The van der Waals surface area contributed by atoms with Gasteiger partial charge in [-0.25, -0.2) is 4.98 Å². The highest BCUT2D eigenvalue weighted by Gasteiger charge is 2.08. The molecule has 2 rings (SSSR count). The lowest BCUT2D eigenvalue weighted by Gasteiger charge is -2.10. The first-order chi connectivity index (χ1) is 10.1. The van der Waals surface area contributed by atoms with Crippen molar-refractivity contribution < 1.29 is 23.4 Å². The maximum absolute atomic E-state index is 12.0. The number of nitrogens with one attached hydrogen (secondary N) is 1. The Kier molecular flexibility index (Phi) is 4.76. The number of rotatable bonds is 6. The van der Waals surface area contributed by atoms with Crippen molar-refractivity contribution in [3.05, 3.63) is 42.1 Å². The van der Waals surface area contributed by atoms with Gasteiger partial charge in [0.05, 0.1) is 13.3 Å². The van der Waals surface area contributed by atoms with Crippen LogP contribution in [0.5, 0.6) is 17.2 Å². The number of benzene rings is 1. The number of alkyl halides is 2. The SMILES string of the molecule is COc1cccc(CNc2ccc(OC(F)F)cn2)c1O. The first-order valence-corrected chi connectivity index (χ1v) is 6.09. The summed E-state index contributed by atoms with van der Waals surface area (Å²) in [5, 5.41) is 12.9. The molecule has 1 aromatic heterocycles. The minimum absolute atomic E-state index is 0.0141. The van der Waals surface area contributed by atoms with E-state index in [9.17, 15) is 13.9 Å². The van der Waals surface area contributed by atoms with Crippen LogP contribution in [0.15, 0.2) is 36.5 Å². The summed E-state index contributed by atoms with van der Waals surface area (Å²) in [5.41, 5.74) is 0.629. The lowest BCUT2D eigenvalue weighted by Crippen LogP contribution is -2.04. The molecular formula is C14H14F2N2O3. The standard InChI is InChI=1S/C14H14F2N2O3/c1-20-11-4-2-3-9(13(11)19)7-17-12-6-5-10(8-18-12)21-14(15)16/h2-6,8,14,19H,7H2,1H3,(H,17,18). The molecule has 0 atom stereocenters. The Morgan fingerprint density at radius 1 is 1.29 bits per heavy atom. The Hall–Kier alpha value is -2.57. The Morgan fingerprint density at radius 3 is 2.71 bits per heavy atom. The summed E-state index contributed by atoms with van der Waals surface area (Å²) in [6.07, 6.45) is 1.19. The van der Waals surface area contributed by atoms with Crippen molar-refractivity contribution in [1.29, 1.82) is 0 Å². The number of ether oxygens (including phenoxy) is 2. The molecule has 0 aliphatic rings. The normalized spacial score (nSPS) is 10.5. The van der Waals surface area contributed by atoms with E-state index < -0.39 is 6.61 Å². The second-order valence-electron chi connectivity index (χ2n) is 4.08. The molecule has 0 unspecified atom stereocenters. The molecule has 2 N–H and O–H groups in total. The average molecular weight is 296 g/mol. The zero-order valence-electron chi connectivity index (χ0n) is 11.2. The molecule has 0 amide bonds. The molecule has 1 aromatic carbocycles. The first kappa shape index (κ1) is 14.8. The molecule has 0 saturated carbocycles. The van der Waals surface area contributed by atoms with Crippen LogP contribution in [0.2, 0.25) is 0 Å². The molecule has 0 aliphatic carbocycles. The second-order valence-corrected chi connectivity index (χ2v) is 4.08. The number of nitrogens with zero attached hydrogens (tertiary/aromatic N) is 1. The van der Waals surface area contributed by atoms with Crippen LogP contribution in [0.25, 0.3) is 0 Å². The van der Waals surface area contributed by atoms with E-state index in [1.165, 1.54) is 25.4 Å². The number of aromatic hydroxyl groups is 1. The molecule has 1 heterocycles. The van der Waals surface area contributed by atoms with Crippen LogP contribution < -0.4 is 14.8 Å². The second kappa shape index (κ2) is 6.74. The fourth-order valence-electron chi connectivity index (χ4n) is 1.72. The van der Waals surface area contributed by atoms with Gasteiger partial charge in [-0.05, 0) is 18.2 Å². The largest absolute Gasteiger partial charge is 0.504 e. The lowest BCUT2D eigenvalue weighted by atomic mass is 10.2. The maximum atomic E-state index is 12.0. The predicted octanol–water partition coefficient (Wildman–Crippen LogP) is 3.01. The summed E-state index contributed by atoms with van der Waals surface area (Å²) in [4.78, 5) is 3.94. The molecule has 7 heteroatoms. The van der Waals surface area contributed by atoms with Gasteiger partial charge in [-0.15, -0.1) is 0 Å². The number of anilines is 1. The number of hydrogen-bond donors (Lipinski definition) is 2. The van der Waals surface area contributed by atoms with Gasteiger partial charge in [-0.2, -0.15) is 8.78 Å². The molecule has 0 saturated heterocycles. The third-order valence-corrected chi connectivity index (χ3v) is 2.72. The van der Waals surface area contributed by atoms with Crippen molar-refractivity contribution in [2.24, 2.45) is 0 Å². The molecule has 0 radical (unpaired) electrons. The van der Waals surface area contributed by atoms with E-state index in [4.69, 9.17) is 4.74 Å². The van der Waals surface area contributed by atoms with E-state index in [1.807, 2.05) is 0 Å². The number of pyridine rings is 1. The fraction of sp³-hybridized carbons (Fsp3) is 0.214. The Morgan fingerprint density at radius 2 is 2.10 bits per heavy atom. The van der Waals surface area contributed by atoms with E-state index in [1.54, 1.807) is 18.2 Å². The number of aromatic nitrogens is 1. The first-order valence-electron chi connectivity index (χ1n) is 6.09. The molecule has 0 aliphatic heterocycles. The van der Waals surface area contributed by atoms with Crippen LogP contribution in [-0.4, -0.2) is 23.8 Å². The van der Waals surface area contributed by atoms with Gasteiger partial charge < -0.3 is 19.9 Å². The van der Waals surface area contributed by atoms with Crippen LogP contribution in [0.1, 0.15) is 5.56 Å². The van der Waals surface area contributed by atoms with Crippen LogP contribution in [0, 0.1) is 0 Å². The van der Waals surface area contributed by atoms with Gasteiger partial charge in [-0.3, -0.25) is 0 Å². The zero-order chi connectivity index (χ0) is 15.2. The summed E-state index contributed by atoms with van der Waals surface area (Å²) in [7, 11) is 1.47. The summed E-state index contributed by atoms with van der Waals surface area (Å²) >= 11 is 0. The predicted molar refractivity (Wildman–Crippen MR) is 72.9 cm³/mol. The minimum atomic E-state index is -2.88. The Labute approximate surface area is 120 Å². The van der Waals surface area contributed by atoms with Crippen molar-refractivity contribution >= 4 is 5.82 Å². The monoisotopic (exact) mass is 296 g/mol. The molecule has 0 bridgehead atoms. The summed E-state index contributed by atoms with van der Waals surface area (Å²) in [6.45, 7) is -2.57. The van der Waals surface area contributed by atoms with Crippen molar-refractivity contribution in [1.82, 2.24) is 4.98 Å². The average Bonchev–Trinajstić information content (AvgIpc) is 2.47. The van der Waals surface area contributed by atoms with Crippen molar-refractivity contribution in [3.63, 3.8) is 0 Å². The molecule has 112 valence electrons. The van der Waals surface area contributed by atoms with Gasteiger partial charge in [0, 0.05) is 12.1 Å². The molecule has 0 fully saturated rings. The smallest absolute Gasteiger partial charge is 0.387 e. The van der Waals surface area contributed by atoms with Crippen molar-refractivity contribution in [2.45, 2.75) is 13.2 Å². The third kappa shape index (κ3) is 3.95. The minimum Gasteiger partial charge on any atom is -0.504 e. The summed E-state index contributed by atoms with van der Waals surface area (Å²) < 4.78 is 33.2. The van der Waals surface area contributed by atoms with Crippen LogP contribution in [0.4, 0.5) is 14.6 Å². The topological polar surface area (TPSA) is 63.6 Å². The van der Waals surface area contributed by atoms with Crippen LogP contribution in [-0.2, 0) is 6.54 Å². The number of phenolic OH excluding ortho intramolecular Hbond substituents is 1. The van der Waals surface area contributed by atoms with E-state index in [0.717, 1.165) is 0 Å². The number of halogens is 2. The van der Waals surface area contributed by atoms with Gasteiger partial charge in [-0.1, -0.05) is 12.1 Å². The van der Waals surface area contributed by atoms with Crippen molar-refractivity contribution in [2.75, 3.05) is 12.4 Å².